The van der Waals surface area contributed by atoms with E-state index in [1.807, 2.05) is 13.0 Å². The second kappa shape index (κ2) is 32.0. The van der Waals surface area contributed by atoms with E-state index in [-0.39, 0.29) is 18.9 Å². The highest BCUT2D eigenvalue weighted by Gasteiger charge is 2.50. The SMILES string of the molecule is CCCCCCCCCCCCCCC/C=C/CC/C=C/CC/C=C/C(O)C(COC1OC(CO)C(OC2OC(CO)C(O)C(O)C2O)C(O)C1O)NC(=O)CCC. The summed E-state index contributed by atoms with van der Waals surface area (Å²) >= 11 is 0. The molecule has 9 N–H and O–H groups in total. The summed E-state index contributed by atoms with van der Waals surface area (Å²) in [5.74, 6) is -0.309. The van der Waals surface area contributed by atoms with Crippen LogP contribution in [0.25, 0.3) is 0 Å². The maximum atomic E-state index is 12.5. The third-order valence-corrected chi connectivity index (χ3v) is 10.8. The summed E-state index contributed by atoms with van der Waals surface area (Å²) in [5, 5.41) is 85.4. The predicted octanol–water partition coefficient (Wildman–Crippen LogP) is 3.98. The molecular formula is C44H79NO13. The van der Waals surface area contributed by atoms with Gasteiger partial charge in [-0.25, -0.2) is 0 Å². The van der Waals surface area contributed by atoms with Gasteiger partial charge in [0.05, 0.1) is 32.0 Å². The van der Waals surface area contributed by atoms with E-state index >= 15 is 0 Å². The predicted molar refractivity (Wildman–Crippen MR) is 221 cm³/mol. The van der Waals surface area contributed by atoms with Crippen LogP contribution in [0.1, 0.15) is 142 Å². The molecule has 0 aromatic carbocycles. The Balaban J connectivity index is 1.70. The van der Waals surface area contributed by atoms with Crippen molar-refractivity contribution in [3.05, 3.63) is 36.5 Å². The molecule has 0 spiro atoms. The zero-order valence-corrected chi connectivity index (χ0v) is 35.3. The Labute approximate surface area is 347 Å². The van der Waals surface area contributed by atoms with E-state index < -0.39 is 86.8 Å². The fraction of sp³-hybridized carbons (Fsp3) is 0.841. The molecule has 14 heteroatoms. The van der Waals surface area contributed by atoms with Crippen molar-refractivity contribution in [3.8, 4) is 0 Å². The average Bonchev–Trinajstić information content (AvgIpc) is 3.21. The number of aliphatic hydroxyl groups is 8. The lowest BCUT2D eigenvalue weighted by molar-refractivity contribution is -0.359. The number of nitrogens with one attached hydrogen (secondary N) is 1. The molecule has 0 aromatic heterocycles. The molecule has 0 aliphatic carbocycles. The van der Waals surface area contributed by atoms with E-state index in [2.05, 4.69) is 36.5 Å². The quantitative estimate of drug-likeness (QED) is 0.0346. The van der Waals surface area contributed by atoms with Gasteiger partial charge in [-0.15, -0.1) is 0 Å². The Kier molecular flexibility index (Phi) is 28.9. The van der Waals surface area contributed by atoms with Crippen molar-refractivity contribution in [3.63, 3.8) is 0 Å². The molecule has 1 amide bonds. The highest BCUT2D eigenvalue weighted by atomic mass is 16.7. The summed E-state index contributed by atoms with van der Waals surface area (Å²) in [6, 6.07) is -0.930. The van der Waals surface area contributed by atoms with Crippen molar-refractivity contribution in [2.75, 3.05) is 19.8 Å². The number of amides is 1. The normalized spacial score (nSPS) is 29.1. The van der Waals surface area contributed by atoms with Gasteiger partial charge < -0.3 is 65.1 Å². The van der Waals surface area contributed by atoms with Gasteiger partial charge in [0, 0.05) is 6.42 Å². The van der Waals surface area contributed by atoms with E-state index in [9.17, 15) is 45.6 Å². The van der Waals surface area contributed by atoms with E-state index in [0.29, 0.717) is 12.8 Å². The first-order valence-corrected chi connectivity index (χ1v) is 22.2. The van der Waals surface area contributed by atoms with E-state index in [0.717, 1.165) is 25.7 Å². The molecular weight excluding hydrogens is 750 g/mol. The minimum atomic E-state index is -1.79. The van der Waals surface area contributed by atoms with Gasteiger partial charge in [0.1, 0.15) is 48.8 Å². The zero-order valence-electron chi connectivity index (χ0n) is 35.3. The summed E-state index contributed by atoms with van der Waals surface area (Å²) in [5.41, 5.74) is 0. The molecule has 12 unspecified atom stereocenters. The molecule has 0 bridgehead atoms. The number of ether oxygens (including phenoxy) is 4. The van der Waals surface area contributed by atoms with Crippen LogP contribution in [0.5, 0.6) is 0 Å². The number of carbonyl (C=O) groups is 1. The van der Waals surface area contributed by atoms with Gasteiger partial charge in [0.25, 0.3) is 0 Å². The molecule has 2 aliphatic heterocycles. The number of unbranched alkanes of at least 4 members (excludes halogenated alkanes) is 15. The van der Waals surface area contributed by atoms with Gasteiger partial charge in [-0.2, -0.15) is 0 Å². The molecule has 58 heavy (non-hydrogen) atoms. The Morgan fingerprint density at radius 3 is 1.66 bits per heavy atom. The van der Waals surface area contributed by atoms with Crippen molar-refractivity contribution >= 4 is 5.91 Å². The lowest BCUT2D eigenvalue weighted by atomic mass is 9.97. The van der Waals surface area contributed by atoms with Crippen molar-refractivity contribution in [1.82, 2.24) is 5.32 Å². The highest BCUT2D eigenvalue weighted by molar-refractivity contribution is 5.76. The molecule has 2 saturated heterocycles. The molecule has 14 nitrogen and oxygen atoms in total. The van der Waals surface area contributed by atoms with Gasteiger partial charge in [-0.1, -0.05) is 127 Å². The molecule has 0 saturated carbocycles. The molecule has 0 radical (unpaired) electrons. The lowest BCUT2D eigenvalue weighted by Crippen LogP contribution is -2.65. The molecule has 12 atom stereocenters. The number of hydrogen-bond acceptors (Lipinski definition) is 13. The van der Waals surface area contributed by atoms with Crippen molar-refractivity contribution < 1.29 is 64.6 Å². The minimum absolute atomic E-state index is 0.219. The Hall–Kier alpha value is -1.79. The standard InChI is InChI=1S/C44H79NO13/c1-3-5-6-7-8-9-10-11-12-13-14-15-16-17-18-19-20-21-22-23-24-25-26-28-33(48)32(45-36(49)27-4-2)31-55-43-41(54)39(52)42(35(30-47)57-43)58-44-40(53)38(51)37(50)34(29-46)56-44/h18-19,22-23,26,28,32-35,37-44,46-48,50-54H,3-17,20-21,24-25,27,29-31H2,1-2H3,(H,45,49)/b19-18+,23-22+,28-26+. The number of aliphatic hydroxyl groups excluding tert-OH is 8. The number of carbonyl (C=O) groups excluding carboxylic acids is 1. The first kappa shape index (κ1) is 52.3. The van der Waals surface area contributed by atoms with Gasteiger partial charge in [0.15, 0.2) is 12.6 Å². The van der Waals surface area contributed by atoms with Crippen molar-refractivity contribution in [2.45, 2.75) is 216 Å². The Bertz CT molecular complexity index is 1120. The molecule has 2 rings (SSSR count). The van der Waals surface area contributed by atoms with Crippen LogP contribution < -0.4 is 5.32 Å². The van der Waals surface area contributed by atoms with E-state index in [4.69, 9.17) is 18.9 Å². The second-order valence-electron chi connectivity index (χ2n) is 15.8. The molecule has 0 aromatic rings. The number of hydrogen-bond donors (Lipinski definition) is 9. The fourth-order valence-corrected chi connectivity index (χ4v) is 7.13. The summed E-state index contributed by atoms with van der Waals surface area (Å²) in [7, 11) is 0. The highest BCUT2D eigenvalue weighted by Crippen LogP contribution is 2.30. The van der Waals surface area contributed by atoms with Crippen LogP contribution in [0.4, 0.5) is 0 Å². The number of allylic oxidation sites excluding steroid dienone is 5. The van der Waals surface area contributed by atoms with E-state index in [1.54, 1.807) is 6.08 Å². The molecule has 2 aliphatic rings. The molecule has 2 heterocycles. The smallest absolute Gasteiger partial charge is 0.220 e. The fourth-order valence-electron chi connectivity index (χ4n) is 7.13. The Morgan fingerprint density at radius 2 is 1.10 bits per heavy atom. The third-order valence-electron chi connectivity index (χ3n) is 10.8. The van der Waals surface area contributed by atoms with Crippen LogP contribution >= 0.6 is 0 Å². The maximum Gasteiger partial charge on any atom is 0.220 e. The average molecular weight is 830 g/mol. The van der Waals surface area contributed by atoms with Crippen LogP contribution in [0.3, 0.4) is 0 Å². The van der Waals surface area contributed by atoms with Crippen LogP contribution in [-0.2, 0) is 23.7 Å². The summed E-state index contributed by atoms with van der Waals surface area (Å²) < 4.78 is 22.3. The summed E-state index contributed by atoms with van der Waals surface area (Å²) in [6.07, 6.45) is 18.3. The monoisotopic (exact) mass is 830 g/mol. The second-order valence-corrected chi connectivity index (χ2v) is 15.8. The third kappa shape index (κ3) is 20.2. The lowest BCUT2D eigenvalue weighted by Gasteiger charge is -2.46. The largest absolute Gasteiger partial charge is 0.394 e. The van der Waals surface area contributed by atoms with Crippen molar-refractivity contribution in [2.24, 2.45) is 0 Å². The van der Waals surface area contributed by atoms with Gasteiger partial charge >= 0.3 is 0 Å². The van der Waals surface area contributed by atoms with Crippen LogP contribution in [0, 0.1) is 0 Å². The zero-order chi connectivity index (χ0) is 42.5. The summed E-state index contributed by atoms with van der Waals surface area (Å²) in [6.45, 7) is 2.36. The topological polar surface area (TPSA) is 228 Å². The first-order chi connectivity index (χ1) is 28.1. The molecule has 2 fully saturated rings. The van der Waals surface area contributed by atoms with Crippen LogP contribution in [-0.4, -0.2) is 140 Å². The van der Waals surface area contributed by atoms with Crippen LogP contribution in [0.2, 0.25) is 0 Å². The summed E-state index contributed by atoms with van der Waals surface area (Å²) in [4.78, 5) is 12.5. The van der Waals surface area contributed by atoms with Gasteiger partial charge in [0.2, 0.25) is 5.91 Å². The Morgan fingerprint density at radius 1 is 0.603 bits per heavy atom. The first-order valence-electron chi connectivity index (χ1n) is 22.2. The minimum Gasteiger partial charge on any atom is -0.394 e. The van der Waals surface area contributed by atoms with E-state index in [1.165, 1.54) is 83.5 Å². The molecule has 338 valence electrons. The maximum absolute atomic E-state index is 12.5. The van der Waals surface area contributed by atoms with Crippen LogP contribution in [0.15, 0.2) is 36.5 Å². The van der Waals surface area contributed by atoms with Gasteiger partial charge in [-0.05, 0) is 44.9 Å². The van der Waals surface area contributed by atoms with Crippen molar-refractivity contribution in [1.29, 1.82) is 0 Å². The van der Waals surface area contributed by atoms with Gasteiger partial charge in [-0.3, -0.25) is 4.79 Å². The number of rotatable bonds is 32.